The first-order chi connectivity index (χ1) is 9.72. The molecule has 0 radical (unpaired) electrons. The van der Waals surface area contributed by atoms with Gasteiger partial charge in [-0.1, -0.05) is 85.0 Å². The van der Waals surface area contributed by atoms with E-state index in [1.165, 1.54) is 57.8 Å². The van der Waals surface area contributed by atoms with Gasteiger partial charge in [-0.25, -0.2) is 0 Å². The third kappa shape index (κ3) is 12.5. The summed E-state index contributed by atoms with van der Waals surface area (Å²) in [6.45, 7) is 6.94. The van der Waals surface area contributed by atoms with Gasteiger partial charge in [0.2, 0.25) is 0 Å². The predicted molar refractivity (Wildman–Crippen MR) is 86.9 cm³/mol. The molecular weight excluding hydrogens is 248 g/mol. The lowest BCUT2D eigenvalue weighted by molar-refractivity contribution is -0.148. The van der Waals surface area contributed by atoms with Crippen LogP contribution < -0.4 is 0 Å². The Morgan fingerprint density at radius 1 is 0.800 bits per heavy atom. The molecule has 0 rings (SSSR count). The average Bonchev–Trinajstić information content (AvgIpc) is 2.44. The molecule has 0 spiro atoms. The molecule has 0 bridgehead atoms. The molecule has 0 aliphatic carbocycles. The quantitative estimate of drug-likeness (QED) is 0.294. The van der Waals surface area contributed by atoms with Crippen LogP contribution in [0.25, 0.3) is 0 Å². The molecule has 1 unspecified atom stereocenters. The molecule has 1 atom stereocenters. The molecule has 0 aromatic heterocycles. The number of hydrogen-bond donors (Lipinski definition) is 0. The Labute approximate surface area is 126 Å². The van der Waals surface area contributed by atoms with Crippen molar-refractivity contribution in [2.75, 3.05) is 6.61 Å². The molecule has 0 heterocycles. The molecule has 0 aliphatic rings. The van der Waals surface area contributed by atoms with Gasteiger partial charge in [-0.05, 0) is 12.8 Å². The highest BCUT2D eigenvalue weighted by Gasteiger charge is 2.12. The van der Waals surface area contributed by atoms with E-state index in [-0.39, 0.29) is 11.9 Å². The van der Waals surface area contributed by atoms with E-state index in [2.05, 4.69) is 13.8 Å². The molecule has 2 heteroatoms. The number of carbonyl (C=O) groups excluding carboxylic acids is 1. The third-order valence-electron chi connectivity index (χ3n) is 3.87. The van der Waals surface area contributed by atoms with Crippen molar-refractivity contribution < 1.29 is 9.53 Å². The van der Waals surface area contributed by atoms with Gasteiger partial charge in [0, 0.05) is 0 Å². The van der Waals surface area contributed by atoms with Crippen molar-refractivity contribution in [3.05, 3.63) is 0 Å². The SMILES string of the molecule is CCCCCCCCCCCCOC(=O)C(C)CCC. The Bertz CT molecular complexity index is 213. The highest BCUT2D eigenvalue weighted by molar-refractivity contribution is 5.71. The fourth-order valence-corrected chi connectivity index (χ4v) is 2.46. The Balaban J connectivity index is 3.18. The predicted octanol–water partition coefficient (Wildman–Crippen LogP) is 5.89. The summed E-state index contributed by atoms with van der Waals surface area (Å²) in [6, 6.07) is 0. The van der Waals surface area contributed by atoms with Crippen LogP contribution in [-0.4, -0.2) is 12.6 Å². The zero-order chi connectivity index (χ0) is 15.1. The van der Waals surface area contributed by atoms with Crippen molar-refractivity contribution in [2.45, 2.75) is 97.8 Å². The lowest BCUT2D eigenvalue weighted by atomic mass is 10.1. The second-order valence-corrected chi connectivity index (χ2v) is 6.04. The van der Waals surface area contributed by atoms with E-state index < -0.39 is 0 Å². The smallest absolute Gasteiger partial charge is 0.308 e. The van der Waals surface area contributed by atoms with Crippen LogP contribution in [0.4, 0.5) is 0 Å². The normalized spacial score (nSPS) is 12.3. The number of esters is 1. The molecule has 2 nitrogen and oxygen atoms in total. The van der Waals surface area contributed by atoms with Crippen molar-refractivity contribution in [1.29, 1.82) is 0 Å². The topological polar surface area (TPSA) is 26.3 Å². The van der Waals surface area contributed by atoms with Gasteiger partial charge in [-0.2, -0.15) is 0 Å². The Morgan fingerprint density at radius 3 is 1.80 bits per heavy atom. The fraction of sp³-hybridized carbons (Fsp3) is 0.944. The van der Waals surface area contributed by atoms with Crippen LogP contribution in [0.3, 0.4) is 0 Å². The van der Waals surface area contributed by atoms with Crippen molar-refractivity contribution in [3.8, 4) is 0 Å². The van der Waals surface area contributed by atoms with E-state index in [4.69, 9.17) is 4.74 Å². The van der Waals surface area contributed by atoms with Crippen molar-refractivity contribution in [3.63, 3.8) is 0 Å². The maximum absolute atomic E-state index is 11.6. The summed E-state index contributed by atoms with van der Waals surface area (Å²) in [5.74, 6) is 0.0610. The first kappa shape index (κ1) is 19.5. The van der Waals surface area contributed by atoms with Gasteiger partial charge in [0.1, 0.15) is 0 Å². The summed E-state index contributed by atoms with van der Waals surface area (Å²) in [5, 5.41) is 0. The van der Waals surface area contributed by atoms with Crippen LogP contribution in [0.5, 0.6) is 0 Å². The number of ether oxygens (including phenoxy) is 1. The Kier molecular flexibility index (Phi) is 14.5. The van der Waals surface area contributed by atoms with Crippen LogP contribution in [0.1, 0.15) is 97.8 Å². The first-order valence-corrected chi connectivity index (χ1v) is 8.89. The van der Waals surface area contributed by atoms with Crippen LogP contribution >= 0.6 is 0 Å². The van der Waals surface area contributed by atoms with Crippen LogP contribution in [0.2, 0.25) is 0 Å². The van der Waals surface area contributed by atoms with Crippen molar-refractivity contribution >= 4 is 5.97 Å². The van der Waals surface area contributed by atoms with E-state index >= 15 is 0 Å². The number of rotatable bonds is 14. The van der Waals surface area contributed by atoms with Gasteiger partial charge in [-0.3, -0.25) is 4.79 Å². The molecule has 0 aromatic carbocycles. The fourth-order valence-electron chi connectivity index (χ4n) is 2.46. The molecule has 0 amide bonds. The van der Waals surface area contributed by atoms with Gasteiger partial charge >= 0.3 is 5.97 Å². The maximum atomic E-state index is 11.6. The lowest BCUT2D eigenvalue weighted by Crippen LogP contribution is -2.15. The van der Waals surface area contributed by atoms with Gasteiger partial charge in [0.25, 0.3) is 0 Å². The minimum absolute atomic E-state index is 0.0113. The summed E-state index contributed by atoms with van der Waals surface area (Å²) in [7, 11) is 0. The highest BCUT2D eigenvalue weighted by atomic mass is 16.5. The molecular formula is C18H36O2. The molecule has 0 saturated heterocycles. The van der Waals surface area contributed by atoms with Crippen LogP contribution in [0, 0.1) is 5.92 Å². The summed E-state index contributed by atoms with van der Waals surface area (Å²) >= 11 is 0. The second-order valence-electron chi connectivity index (χ2n) is 6.04. The van der Waals surface area contributed by atoms with E-state index in [1.54, 1.807) is 0 Å². The van der Waals surface area contributed by atoms with Gasteiger partial charge in [0.05, 0.1) is 12.5 Å². The average molecular weight is 284 g/mol. The zero-order valence-corrected chi connectivity index (χ0v) is 14.1. The zero-order valence-electron chi connectivity index (χ0n) is 14.1. The molecule has 120 valence electrons. The van der Waals surface area contributed by atoms with Crippen molar-refractivity contribution in [1.82, 2.24) is 0 Å². The molecule has 0 fully saturated rings. The summed E-state index contributed by atoms with van der Waals surface area (Å²) in [6.07, 6.45) is 15.1. The number of hydrogen-bond acceptors (Lipinski definition) is 2. The monoisotopic (exact) mass is 284 g/mol. The standard InChI is InChI=1S/C18H36O2/c1-4-6-7-8-9-10-11-12-13-14-16-20-18(19)17(3)15-5-2/h17H,4-16H2,1-3H3. The van der Waals surface area contributed by atoms with Gasteiger partial charge in [0.15, 0.2) is 0 Å². The maximum Gasteiger partial charge on any atom is 0.308 e. The number of unbranched alkanes of at least 4 members (excludes halogenated alkanes) is 9. The largest absolute Gasteiger partial charge is 0.465 e. The highest BCUT2D eigenvalue weighted by Crippen LogP contribution is 2.11. The van der Waals surface area contributed by atoms with Crippen LogP contribution in [0.15, 0.2) is 0 Å². The molecule has 0 saturated carbocycles. The van der Waals surface area contributed by atoms with E-state index in [0.717, 1.165) is 19.3 Å². The number of carbonyl (C=O) groups is 1. The molecule has 0 aliphatic heterocycles. The van der Waals surface area contributed by atoms with E-state index in [9.17, 15) is 4.79 Å². The van der Waals surface area contributed by atoms with Gasteiger partial charge < -0.3 is 4.74 Å². The lowest BCUT2D eigenvalue weighted by Gasteiger charge is -2.10. The third-order valence-corrected chi connectivity index (χ3v) is 3.87. The van der Waals surface area contributed by atoms with Crippen molar-refractivity contribution in [2.24, 2.45) is 5.92 Å². The van der Waals surface area contributed by atoms with Crippen LogP contribution in [-0.2, 0) is 9.53 Å². The second kappa shape index (κ2) is 14.9. The van der Waals surface area contributed by atoms with E-state index in [0.29, 0.717) is 6.61 Å². The molecule has 0 aromatic rings. The van der Waals surface area contributed by atoms with E-state index in [1.807, 2.05) is 6.92 Å². The summed E-state index contributed by atoms with van der Waals surface area (Å²) in [5.41, 5.74) is 0. The van der Waals surface area contributed by atoms with Gasteiger partial charge in [-0.15, -0.1) is 0 Å². The summed E-state index contributed by atoms with van der Waals surface area (Å²) in [4.78, 5) is 11.6. The summed E-state index contributed by atoms with van der Waals surface area (Å²) < 4.78 is 5.29. The Hall–Kier alpha value is -0.530. The Morgan fingerprint density at radius 2 is 1.30 bits per heavy atom. The molecule has 20 heavy (non-hydrogen) atoms. The first-order valence-electron chi connectivity index (χ1n) is 8.89. The minimum Gasteiger partial charge on any atom is -0.465 e. The minimum atomic E-state index is -0.0113. The molecule has 0 N–H and O–H groups in total.